The topological polar surface area (TPSA) is 74.0 Å². The van der Waals surface area contributed by atoms with Gasteiger partial charge in [-0.2, -0.15) is 0 Å². The molecule has 1 amide bonds. The summed E-state index contributed by atoms with van der Waals surface area (Å²) in [6.07, 6.45) is -0.669. The van der Waals surface area contributed by atoms with E-state index in [0.717, 1.165) is 0 Å². The van der Waals surface area contributed by atoms with Gasteiger partial charge in [0, 0.05) is 5.69 Å². The molecule has 1 aromatic rings. The zero-order valence-corrected chi connectivity index (χ0v) is 18.9. The number of carbonyl (C=O) groups excluding carboxylic acids is 1. The van der Waals surface area contributed by atoms with Crippen molar-refractivity contribution in [1.82, 2.24) is 0 Å². The summed E-state index contributed by atoms with van der Waals surface area (Å²) in [6, 6.07) is 5.30. The molecular formula is C20H34N2O4Si. The van der Waals surface area contributed by atoms with Crippen molar-refractivity contribution in [3.63, 3.8) is 0 Å². The molecule has 1 aromatic carbocycles. The van der Waals surface area contributed by atoms with E-state index in [1.54, 1.807) is 23.1 Å². The number of nitrogens with two attached hydrogens (primary N) is 1. The maximum absolute atomic E-state index is 12.8. The van der Waals surface area contributed by atoms with Crippen LogP contribution in [-0.4, -0.2) is 39.3 Å². The van der Waals surface area contributed by atoms with Crippen molar-refractivity contribution >= 4 is 25.8 Å². The van der Waals surface area contributed by atoms with Crippen LogP contribution in [0, 0.1) is 0 Å². The number of hydrogen-bond acceptors (Lipinski definition) is 5. The van der Waals surface area contributed by atoms with Gasteiger partial charge >= 0.3 is 6.09 Å². The molecule has 27 heavy (non-hydrogen) atoms. The number of ether oxygens (including phenoxy) is 2. The van der Waals surface area contributed by atoms with Gasteiger partial charge in [-0.3, -0.25) is 4.90 Å². The molecule has 152 valence electrons. The summed E-state index contributed by atoms with van der Waals surface area (Å²) in [7, 11) is -1.91. The molecule has 1 aliphatic heterocycles. The Morgan fingerprint density at radius 2 is 1.89 bits per heavy atom. The van der Waals surface area contributed by atoms with Gasteiger partial charge in [0.15, 0.2) is 8.32 Å². The van der Waals surface area contributed by atoms with Gasteiger partial charge in [-0.15, -0.1) is 0 Å². The monoisotopic (exact) mass is 394 g/mol. The third-order valence-corrected chi connectivity index (χ3v) is 9.50. The molecule has 0 saturated heterocycles. The number of rotatable bonds is 3. The third-order valence-electron chi connectivity index (χ3n) is 5.00. The average molecular weight is 395 g/mol. The summed E-state index contributed by atoms with van der Waals surface area (Å²) < 4.78 is 18.0. The van der Waals surface area contributed by atoms with Crippen molar-refractivity contribution < 1.29 is 18.7 Å². The highest BCUT2D eigenvalue weighted by molar-refractivity contribution is 6.74. The maximum Gasteiger partial charge on any atom is 0.415 e. The van der Waals surface area contributed by atoms with Crippen molar-refractivity contribution in [3.8, 4) is 5.75 Å². The first-order valence-corrected chi connectivity index (χ1v) is 12.3. The Bertz CT molecular complexity index is 692. The van der Waals surface area contributed by atoms with Crippen molar-refractivity contribution in [2.45, 2.75) is 71.4 Å². The van der Waals surface area contributed by atoms with Crippen LogP contribution in [0.25, 0.3) is 0 Å². The fourth-order valence-electron chi connectivity index (χ4n) is 2.46. The summed E-state index contributed by atoms with van der Waals surface area (Å²) in [5.74, 6) is 0.616. The molecule has 6 nitrogen and oxygen atoms in total. The van der Waals surface area contributed by atoms with E-state index in [0.29, 0.717) is 30.3 Å². The van der Waals surface area contributed by atoms with Gasteiger partial charge in [0.2, 0.25) is 0 Å². The highest BCUT2D eigenvalue weighted by atomic mass is 28.4. The van der Waals surface area contributed by atoms with Gasteiger partial charge in [0.25, 0.3) is 0 Å². The average Bonchev–Trinajstić information content (AvgIpc) is 2.49. The van der Waals surface area contributed by atoms with Crippen LogP contribution in [0.1, 0.15) is 41.5 Å². The van der Waals surface area contributed by atoms with E-state index >= 15 is 0 Å². The predicted octanol–water partition coefficient (Wildman–Crippen LogP) is 4.79. The summed E-state index contributed by atoms with van der Waals surface area (Å²) >= 11 is 0. The molecule has 1 aliphatic rings. The molecule has 0 unspecified atom stereocenters. The van der Waals surface area contributed by atoms with Crippen molar-refractivity contribution in [2.75, 3.05) is 23.8 Å². The highest BCUT2D eigenvalue weighted by Gasteiger charge is 2.39. The molecule has 0 spiro atoms. The number of carbonyl (C=O) groups is 1. The lowest BCUT2D eigenvalue weighted by atomic mass is 10.1. The van der Waals surface area contributed by atoms with Gasteiger partial charge in [-0.05, 0) is 57.1 Å². The largest absolute Gasteiger partial charge is 0.484 e. The molecule has 1 atom stereocenters. The number of nitrogen functional groups attached to an aromatic ring is 1. The summed E-state index contributed by atoms with van der Waals surface area (Å²) in [5, 5.41) is 0.110. The fourth-order valence-corrected chi connectivity index (χ4v) is 3.49. The Labute approximate surface area is 164 Å². The van der Waals surface area contributed by atoms with Gasteiger partial charge < -0.3 is 19.6 Å². The number of nitrogens with zero attached hydrogens (tertiary/aromatic N) is 1. The van der Waals surface area contributed by atoms with Crippen LogP contribution in [0.4, 0.5) is 16.2 Å². The van der Waals surface area contributed by atoms with E-state index in [1.807, 2.05) is 20.8 Å². The lowest BCUT2D eigenvalue weighted by Gasteiger charge is -2.40. The second kappa shape index (κ2) is 7.35. The van der Waals surface area contributed by atoms with Crippen LogP contribution in [0.15, 0.2) is 18.2 Å². The van der Waals surface area contributed by atoms with Crippen molar-refractivity contribution in [1.29, 1.82) is 0 Å². The predicted molar refractivity (Wildman–Crippen MR) is 112 cm³/mol. The zero-order chi connectivity index (χ0) is 20.6. The number of anilines is 2. The molecule has 2 N–H and O–H groups in total. The van der Waals surface area contributed by atoms with E-state index in [-0.39, 0.29) is 11.1 Å². The Balaban J connectivity index is 2.22. The van der Waals surface area contributed by atoms with E-state index in [1.165, 1.54) is 0 Å². The number of benzene rings is 1. The molecule has 1 heterocycles. The van der Waals surface area contributed by atoms with Crippen LogP contribution in [-0.2, 0) is 9.16 Å². The van der Waals surface area contributed by atoms with Crippen LogP contribution in [0.2, 0.25) is 18.1 Å². The quantitative estimate of drug-likeness (QED) is 0.589. The second-order valence-electron chi connectivity index (χ2n) is 9.63. The standard InChI is InChI=1S/C20H34N2O4Si/c1-19(2,3)26-18(23)22-12-15(13-24-27(7,8)20(4,5)6)25-17-10-9-14(21)11-16(17)22/h9-11,15H,12-13,21H2,1-8H3/t15-/m0/s1. The second-order valence-corrected chi connectivity index (χ2v) is 14.4. The fraction of sp³-hybridized carbons (Fsp3) is 0.650. The molecule has 0 aliphatic carbocycles. The van der Waals surface area contributed by atoms with Gasteiger partial charge in [-0.25, -0.2) is 4.79 Å². The normalized spacial score (nSPS) is 17.9. The smallest absolute Gasteiger partial charge is 0.415 e. The van der Waals surface area contributed by atoms with Crippen molar-refractivity contribution in [2.24, 2.45) is 0 Å². The first-order valence-electron chi connectivity index (χ1n) is 9.40. The van der Waals surface area contributed by atoms with E-state index < -0.39 is 20.0 Å². The minimum atomic E-state index is -1.91. The lowest BCUT2D eigenvalue weighted by molar-refractivity contribution is 0.0522. The number of fused-ring (bicyclic) bond motifs is 1. The molecule has 0 bridgehead atoms. The van der Waals surface area contributed by atoms with Crippen LogP contribution in [0.5, 0.6) is 5.75 Å². The first kappa shape index (κ1) is 21.6. The Hall–Kier alpha value is -1.73. The first-order chi connectivity index (χ1) is 12.2. The summed E-state index contributed by atoms with van der Waals surface area (Å²) in [4.78, 5) is 14.4. The zero-order valence-electron chi connectivity index (χ0n) is 17.9. The molecular weight excluding hydrogens is 360 g/mol. The van der Waals surface area contributed by atoms with Gasteiger partial charge in [-0.1, -0.05) is 20.8 Å². The van der Waals surface area contributed by atoms with Crippen LogP contribution >= 0.6 is 0 Å². The minimum Gasteiger partial charge on any atom is -0.484 e. The van der Waals surface area contributed by atoms with E-state index in [9.17, 15) is 4.79 Å². The summed E-state index contributed by atoms with van der Waals surface area (Å²) in [5.41, 5.74) is 6.54. The van der Waals surface area contributed by atoms with E-state index in [4.69, 9.17) is 19.6 Å². The lowest BCUT2D eigenvalue weighted by Crippen LogP contribution is -2.50. The SMILES string of the molecule is CC(C)(C)OC(=O)N1C[C@@H](CO[Si](C)(C)C(C)(C)C)Oc2ccc(N)cc21. The number of hydrogen-bond donors (Lipinski definition) is 1. The maximum atomic E-state index is 12.8. The molecule has 2 rings (SSSR count). The van der Waals surface area contributed by atoms with E-state index in [2.05, 4.69) is 33.9 Å². The number of amides is 1. The Kier molecular flexibility index (Phi) is 5.87. The molecule has 0 fully saturated rings. The molecule has 0 saturated carbocycles. The third kappa shape index (κ3) is 5.39. The molecule has 0 aromatic heterocycles. The Morgan fingerprint density at radius 1 is 1.26 bits per heavy atom. The molecule has 0 radical (unpaired) electrons. The minimum absolute atomic E-state index is 0.110. The summed E-state index contributed by atoms with van der Waals surface area (Å²) in [6.45, 7) is 17.4. The van der Waals surface area contributed by atoms with Crippen LogP contribution < -0.4 is 15.4 Å². The Morgan fingerprint density at radius 3 is 2.44 bits per heavy atom. The highest BCUT2D eigenvalue weighted by Crippen LogP contribution is 2.39. The van der Waals surface area contributed by atoms with Gasteiger partial charge in [0.05, 0.1) is 18.8 Å². The van der Waals surface area contributed by atoms with Gasteiger partial charge in [0.1, 0.15) is 17.5 Å². The van der Waals surface area contributed by atoms with Crippen LogP contribution in [0.3, 0.4) is 0 Å². The van der Waals surface area contributed by atoms with Crippen molar-refractivity contribution in [3.05, 3.63) is 18.2 Å². The molecule has 7 heteroatoms.